The first-order valence-electron chi connectivity index (χ1n) is 8.30. The molecule has 0 saturated carbocycles. The standard InChI is InChI=1S/C20H18N4OS2/c25-18(13-15-9-6-8-14-7-4-5-12-17(14)15)22-20(27)24-23-19(26)21-16-10-2-1-3-11-16/h1-12H,13H2,(H2,21,23,26)(H2,22,24,25,27). The van der Waals surface area contributed by atoms with Gasteiger partial charge in [0, 0.05) is 5.69 Å². The zero-order chi connectivity index (χ0) is 19.1. The molecule has 0 bridgehead atoms. The Morgan fingerprint density at radius 2 is 1.44 bits per heavy atom. The average molecular weight is 395 g/mol. The SMILES string of the molecule is O=C(Cc1cccc2ccccc12)NC(=S)NNC(=S)Nc1ccccc1. The van der Waals surface area contributed by atoms with Crippen molar-refractivity contribution in [1.82, 2.24) is 16.2 Å². The Hall–Kier alpha value is -3.03. The highest BCUT2D eigenvalue weighted by Crippen LogP contribution is 2.18. The van der Waals surface area contributed by atoms with Crippen molar-refractivity contribution in [3.05, 3.63) is 78.4 Å². The van der Waals surface area contributed by atoms with E-state index in [4.69, 9.17) is 24.4 Å². The first kappa shape index (κ1) is 18.8. The van der Waals surface area contributed by atoms with E-state index in [0.29, 0.717) is 5.11 Å². The van der Waals surface area contributed by atoms with Crippen LogP contribution >= 0.6 is 24.4 Å². The highest BCUT2D eigenvalue weighted by molar-refractivity contribution is 7.80. The predicted molar refractivity (Wildman–Crippen MR) is 117 cm³/mol. The van der Waals surface area contributed by atoms with Crippen LogP contribution in [0.25, 0.3) is 10.8 Å². The van der Waals surface area contributed by atoms with E-state index in [-0.39, 0.29) is 17.4 Å². The van der Waals surface area contributed by atoms with Crippen LogP contribution in [-0.2, 0) is 11.2 Å². The Morgan fingerprint density at radius 3 is 2.26 bits per heavy atom. The Morgan fingerprint density at radius 1 is 0.778 bits per heavy atom. The number of para-hydroxylation sites is 1. The van der Waals surface area contributed by atoms with Crippen molar-refractivity contribution in [2.45, 2.75) is 6.42 Å². The Labute approximate surface area is 168 Å². The summed E-state index contributed by atoms with van der Waals surface area (Å²) in [6.07, 6.45) is 0.232. The third kappa shape index (κ3) is 5.47. The number of fused-ring (bicyclic) bond motifs is 1. The molecular formula is C20H18N4OS2. The minimum Gasteiger partial charge on any atom is -0.331 e. The van der Waals surface area contributed by atoms with Gasteiger partial charge in [-0.15, -0.1) is 0 Å². The number of nitrogens with one attached hydrogen (secondary N) is 4. The second-order valence-corrected chi connectivity index (χ2v) is 6.58. The number of thiocarbonyl (C=S) groups is 2. The Bertz CT molecular complexity index is 971. The van der Waals surface area contributed by atoms with Gasteiger partial charge >= 0.3 is 0 Å². The molecule has 4 N–H and O–H groups in total. The van der Waals surface area contributed by atoms with E-state index in [1.54, 1.807) is 0 Å². The van der Waals surface area contributed by atoms with Crippen LogP contribution in [0, 0.1) is 0 Å². The van der Waals surface area contributed by atoms with Crippen LogP contribution in [0.5, 0.6) is 0 Å². The summed E-state index contributed by atoms with van der Waals surface area (Å²) in [4.78, 5) is 12.3. The fourth-order valence-electron chi connectivity index (χ4n) is 2.62. The zero-order valence-electron chi connectivity index (χ0n) is 14.4. The van der Waals surface area contributed by atoms with Gasteiger partial charge in [-0.2, -0.15) is 0 Å². The smallest absolute Gasteiger partial charge is 0.230 e. The predicted octanol–water partition coefficient (Wildman–Crippen LogP) is 3.27. The lowest BCUT2D eigenvalue weighted by atomic mass is 10.0. The van der Waals surface area contributed by atoms with Crippen molar-refractivity contribution in [2.24, 2.45) is 0 Å². The van der Waals surface area contributed by atoms with Gasteiger partial charge in [-0.05, 0) is 52.9 Å². The van der Waals surface area contributed by atoms with Crippen molar-refractivity contribution < 1.29 is 4.79 Å². The summed E-state index contributed by atoms with van der Waals surface area (Å²) in [6.45, 7) is 0. The zero-order valence-corrected chi connectivity index (χ0v) is 16.0. The van der Waals surface area contributed by atoms with Crippen molar-refractivity contribution in [3.8, 4) is 0 Å². The molecule has 27 heavy (non-hydrogen) atoms. The number of amides is 1. The Balaban J connectivity index is 1.49. The van der Waals surface area contributed by atoms with Gasteiger partial charge in [-0.1, -0.05) is 60.7 Å². The van der Waals surface area contributed by atoms with Gasteiger partial charge in [0.2, 0.25) is 5.91 Å². The molecule has 0 heterocycles. The number of rotatable bonds is 3. The molecule has 0 aliphatic rings. The van der Waals surface area contributed by atoms with Crippen LogP contribution in [0.4, 0.5) is 5.69 Å². The highest BCUT2D eigenvalue weighted by atomic mass is 32.1. The van der Waals surface area contributed by atoms with E-state index < -0.39 is 0 Å². The van der Waals surface area contributed by atoms with E-state index >= 15 is 0 Å². The van der Waals surface area contributed by atoms with Crippen molar-refractivity contribution in [2.75, 3.05) is 5.32 Å². The van der Waals surface area contributed by atoms with Crippen LogP contribution in [0.15, 0.2) is 72.8 Å². The van der Waals surface area contributed by atoms with Gasteiger partial charge < -0.3 is 10.6 Å². The minimum atomic E-state index is -0.201. The lowest BCUT2D eigenvalue weighted by molar-refractivity contribution is -0.119. The van der Waals surface area contributed by atoms with Gasteiger partial charge in [0.1, 0.15) is 0 Å². The number of carbonyl (C=O) groups is 1. The van der Waals surface area contributed by atoms with Gasteiger partial charge in [-0.3, -0.25) is 15.6 Å². The molecule has 0 spiro atoms. The van der Waals surface area contributed by atoms with Crippen molar-refractivity contribution >= 4 is 57.0 Å². The lowest BCUT2D eigenvalue weighted by Crippen LogP contribution is -2.49. The molecule has 0 aliphatic carbocycles. The van der Waals surface area contributed by atoms with E-state index in [0.717, 1.165) is 22.0 Å². The largest absolute Gasteiger partial charge is 0.331 e. The number of hydrazine groups is 1. The van der Waals surface area contributed by atoms with Gasteiger partial charge in [0.25, 0.3) is 0 Å². The maximum atomic E-state index is 12.3. The summed E-state index contributed by atoms with van der Waals surface area (Å²) < 4.78 is 0. The molecule has 0 aliphatic heterocycles. The molecule has 0 unspecified atom stereocenters. The van der Waals surface area contributed by atoms with Gasteiger partial charge in [0.15, 0.2) is 10.2 Å². The average Bonchev–Trinajstić information content (AvgIpc) is 2.67. The number of anilines is 1. The normalized spacial score (nSPS) is 10.1. The van der Waals surface area contributed by atoms with Gasteiger partial charge in [0.05, 0.1) is 6.42 Å². The van der Waals surface area contributed by atoms with Gasteiger partial charge in [-0.25, -0.2) is 0 Å². The number of hydrogen-bond acceptors (Lipinski definition) is 3. The second-order valence-electron chi connectivity index (χ2n) is 5.76. The highest BCUT2D eigenvalue weighted by Gasteiger charge is 2.08. The fraction of sp³-hybridized carbons (Fsp3) is 0.0500. The summed E-state index contributed by atoms with van der Waals surface area (Å²) in [5.41, 5.74) is 7.24. The summed E-state index contributed by atoms with van der Waals surface area (Å²) in [5.74, 6) is -0.201. The monoisotopic (exact) mass is 394 g/mol. The van der Waals surface area contributed by atoms with Crippen LogP contribution in [0.1, 0.15) is 5.56 Å². The molecular weight excluding hydrogens is 376 g/mol. The molecule has 5 nitrogen and oxygen atoms in total. The number of carbonyl (C=O) groups excluding carboxylic acids is 1. The summed E-state index contributed by atoms with van der Waals surface area (Å²) >= 11 is 10.3. The van der Waals surface area contributed by atoms with Crippen molar-refractivity contribution in [3.63, 3.8) is 0 Å². The molecule has 3 rings (SSSR count). The minimum absolute atomic E-state index is 0.150. The molecule has 3 aromatic rings. The maximum Gasteiger partial charge on any atom is 0.230 e. The second kappa shape index (κ2) is 9.07. The molecule has 1 amide bonds. The number of hydrogen-bond donors (Lipinski definition) is 4. The number of benzene rings is 3. The van der Waals surface area contributed by atoms with E-state index in [2.05, 4.69) is 21.5 Å². The molecule has 3 aromatic carbocycles. The molecule has 0 radical (unpaired) electrons. The first-order valence-corrected chi connectivity index (χ1v) is 9.12. The third-order valence-corrected chi connectivity index (χ3v) is 4.21. The van der Waals surface area contributed by atoms with Crippen LogP contribution in [0.2, 0.25) is 0 Å². The molecule has 0 fully saturated rings. The lowest BCUT2D eigenvalue weighted by Gasteiger charge is -2.14. The van der Waals surface area contributed by atoms with E-state index in [1.165, 1.54) is 0 Å². The third-order valence-electron chi connectivity index (χ3n) is 3.81. The summed E-state index contributed by atoms with van der Waals surface area (Å²) in [7, 11) is 0. The Kier molecular flexibility index (Phi) is 6.30. The van der Waals surface area contributed by atoms with Crippen molar-refractivity contribution in [1.29, 1.82) is 0 Å². The quantitative estimate of drug-likeness (QED) is 0.404. The molecule has 7 heteroatoms. The van der Waals surface area contributed by atoms with Crippen LogP contribution in [-0.4, -0.2) is 16.1 Å². The maximum absolute atomic E-state index is 12.3. The summed E-state index contributed by atoms with van der Waals surface area (Å²) in [6, 6.07) is 23.4. The van der Waals surface area contributed by atoms with E-state index in [9.17, 15) is 4.79 Å². The molecule has 0 saturated heterocycles. The fourth-order valence-corrected chi connectivity index (χ4v) is 2.95. The van der Waals surface area contributed by atoms with Crippen LogP contribution in [0.3, 0.4) is 0 Å². The molecule has 0 atom stereocenters. The molecule has 136 valence electrons. The first-order chi connectivity index (χ1) is 13.1. The topological polar surface area (TPSA) is 65.2 Å². The van der Waals surface area contributed by atoms with Crippen LogP contribution < -0.4 is 21.5 Å². The van der Waals surface area contributed by atoms with E-state index in [1.807, 2.05) is 72.8 Å². The molecule has 0 aromatic heterocycles. The summed E-state index contributed by atoms with van der Waals surface area (Å²) in [5, 5.41) is 8.29.